The average molecular weight is 258 g/mol. The van der Waals surface area contributed by atoms with Crippen molar-refractivity contribution >= 4 is 6.29 Å². The fourth-order valence-corrected chi connectivity index (χ4v) is 1.78. The number of rotatable bonds is 5. The van der Waals surface area contributed by atoms with Gasteiger partial charge in [0.1, 0.15) is 24.5 Å². The summed E-state index contributed by atoms with van der Waals surface area (Å²) in [4.78, 5) is 10.7. The molecule has 0 aliphatic heterocycles. The molecular formula is C16H15FO2. The van der Waals surface area contributed by atoms with Crippen LogP contribution in [0.1, 0.15) is 24.0 Å². The van der Waals surface area contributed by atoms with E-state index in [1.165, 1.54) is 6.07 Å². The molecule has 0 spiro atoms. The second-order valence-electron chi connectivity index (χ2n) is 4.38. The van der Waals surface area contributed by atoms with Crippen LogP contribution in [0.4, 0.5) is 4.39 Å². The molecule has 0 heterocycles. The smallest absolute Gasteiger partial charge is 0.130 e. The summed E-state index contributed by atoms with van der Waals surface area (Å²) in [5.41, 5.74) is 1.41. The van der Waals surface area contributed by atoms with Gasteiger partial charge in [0.2, 0.25) is 0 Å². The highest BCUT2D eigenvalue weighted by molar-refractivity contribution is 5.61. The molecule has 2 aromatic carbocycles. The summed E-state index contributed by atoms with van der Waals surface area (Å²) in [5.74, 6) is -0.392. The predicted octanol–water partition coefficient (Wildman–Crippen LogP) is 3.71. The van der Waals surface area contributed by atoms with Crippen LogP contribution in [0.15, 0.2) is 48.5 Å². The molecule has 0 fully saturated rings. The first kappa shape index (κ1) is 13.3. The molecule has 19 heavy (non-hydrogen) atoms. The van der Waals surface area contributed by atoms with Crippen molar-refractivity contribution in [2.24, 2.45) is 0 Å². The van der Waals surface area contributed by atoms with Crippen molar-refractivity contribution in [2.75, 3.05) is 0 Å². The highest BCUT2D eigenvalue weighted by atomic mass is 19.1. The molecule has 0 aliphatic rings. The molecule has 0 aromatic heterocycles. The summed E-state index contributed by atoms with van der Waals surface area (Å²) in [7, 11) is 0. The summed E-state index contributed by atoms with van der Waals surface area (Å²) < 4.78 is 19.3. The first-order valence-electron chi connectivity index (χ1n) is 6.12. The van der Waals surface area contributed by atoms with Crippen LogP contribution in [0.25, 0.3) is 0 Å². The van der Waals surface area contributed by atoms with E-state index in [0.717, 1.165) is 11.8 Å². The largest absolute Gasteiger partial charge is 0.489 e. The van der Waals surface area contributed by atoms with Gasteiger partial charge in [-0.05, 0) is 17.2 Å². The molecule has 0 saturated carbocycles. The lowest BCUT2D eigenvalue weighted by atomic mass is 10.0. The zero-order valence-corrected chi connectivity index (χ0v) is 10.7. The summed E-state index contributed by atoms with van der Waals surface area (Å²) >= 11 is 0. The lowest BCUT2D eigenvalue weighted by Gasteiger charge is -2.10. The van der Waals surface area contributed by atoms with Crippen LogP contribution in [-0.2, 0) is 11.4 Å². The third-order valence-corrected chi connectivity index (χ3v) is 2.91. The van der Waals surface area contributed by atoms with Crippen molar-refractivity contribution in [3.05, 3.63) is 65.5 Å². The minimum absolute atomic E-state index is 0.391. The highest BCUT2D eigenvalue weighted by Gasteiger charge is 2.10. The van der Waals surface area contributed by atoms with Crippen LogP contribution in [0, 0.1) is 5.82 Å². The molecular weight excluding hydrogens is 243 g/mol. The number of hydrogen-bond acceptors (Lipinski definition) is 2. The Morgan fingerprint density at radius 2 is 1.95 bits per heavy atom. The molecule has 98 valence electrons. The SMILES string of the molecule is CC(C=O)c1ccc(OCc2ccccc2)cc1F. The van der Waals surface area contributed by atoms with Gasteiger partial charge < -0.3 is 9.53 Å². The van der Waals surface area contributed by atoms with E-state index in [2.05, 4.69) is 0 Å². The summed E-state index contributed by atoms with van der Waals surface area (Å²) in [6, 6.07) is 14.3. The quantitative estimate of drug-likeness (QED) is 0.764. The molecule has 3 heteroatoms. The Hall–Kier alpha value is -2.16. The molecule has 2 aromatic rings. The monoisotopic (exact) mass is 258 g/mol. The number of ether oxygens (including phenoxy) is 1. The van der Waals surface area contributed by atoms with Crippen LogP contribution < -0.4 is 4.74 Å². The van der Waals surface area contributed by atoms with Crippen molar-refractivity contribution < 1.29 is 13.9 Å². The van der Waals surface area contributed by atoms with Gasteiger partial charge in [-0.2, -0.15) is 0 Å². The molecule has 2 nitrogen and oxygen atoms in total. The second kappa shape index (κ2) is 6.14. The second-order valence-corrected chi connectivity index (χ2v) is 4.38. The summed E-state index contributed by atoms with van der Waals surface area (Å²) in [5, 5.41) is 0. The summed E-state index contributed by atoms with van der Waals surface area (Å²) in [6.45, 7) is 2.05. The number of benzene rings is 2. The molecule has 0 amide bonds. The minimum atomic E-state index is -0.442. The van der Waals surface area contributed by atoms with Crippen molar-refractivity contribution in [3.63, 3.8) is 0 Å². The van der Waals surface area contributed by atoms with Crippen LogP contribution in [0.3, 0.4) is 0 Å². The molecule has 1 unspecified atom stereocenters. The molecule has 0 bridgehead atoms. The van der Waals surface area contributed by atoms with Gasteiger partial charge in [0.05, 0.1) is 0 Å². The minimum Gasteiger partial charge on any atom is -0.489 e. The molecule has 1 atom stereocenters. The zero-order chi connectivity index (χ0) is 13.7. The summed E-state index contributed by atoms with van der Waals surface area (Å²) in [6.07, 6.45) is 0.725. The van der Waals surface area contributed by atoms with E-state index >= 15 is 0 Å². The van der Waals surface area contributed by atoms with Crippen molar-refractivity contribution in [2.45, 2.75) is 19.4 Å². The Labute approximate surface area is 111 Å². The van der Waals surface area contributed by atoms with E-state index in [1.54, 1.807) is 19.1 Å². The maximum Gasteiger partial charge on any atom is 0.130 e. The topological polar surface area (TPSA) is 26.3 Å². The number of carbonyl (C=O) groups excluding carboxylic acids is 1. The van der Waals surface area contributed by atoms with Gasteiger partial charge in [0.15, 0.2) is 0 Å². The van der Waals surface area contributed by atoms with Crippen molar-refractivity contribution in [1.82, 2.24) is 0 Å². The Bertz CT molecular complexity index is 552. The molecule has 0 saturated heterocycles. The third-order valence-electron chi connectivity index (χ3n) is 2.91. The fraction of sp³-hybridized carbons (Fsp3) is 0.188. The maximum atomic E-state index is 13.8. The van der Waals surface area contributed by atoms with Crippen LogP contribution in [-0.4, -0.2) is 6.29 Å². The normalized spacial score (nSPS) is 11.9. The van der Waals surface area contributed by atoms with Gasteiger partial charge >= 0.3 is 0 Å². The van der Waals surface area contributed by atoms with Crippen molar-refractivity contribution in [3.8, 4) is 5.75 Å². The molecule has 0 radical (unpaired) electrons. The van der Waals surface area contributed by atoms with Crippen LogP contribution in [0.2, 0.25) is 0 Å². The Morgan fingerprint density at radius 3 is 2.58 bits per heavy atom. The standard InChI is InChI=1S/C16H15FO2/c1-12(10-18)15-8-7-14(9-16(15)17)19-11-13-5-3-2-4-6-13/h2-10,12H,11H2,1H3. The zero-order valence-electron chi connectivity index (χ0n) is 10.7. The van der Waals surface area contributed by atoms with Gasteiger partial charge in [-0.25, -0.2) is 4.39 Å². The first-order chi connectivity index (χ1) is 9.20. The van der Waals surface area contributed by atoms with E-state index in [-0.39, 0.29) is 0 Å². The third kappa shape index (κ3) is 3.41. The molecule has 0 N–H and O–H groups in total. The number of hydrogen-bond donors (Lipinski definition) is 0. The predicted molar refractivity (Wildman–Crippen MR) is 71.7 cm³/mol. The van der Waals surface area contributed by atoms with Crippen molar-refractivity contribution in [1.29, 1.82) is 0 Å². The van der Waals surface area contributed by atoms with E-state index in [0.29, 0.717) is 17.9 Å². The average Bonchev–Trinajstić information content (AvgIpc) is 2.45. The lowest BCUT2D eigenvalue weighted by molar-refractivity contribution is -0.108. The Balaban J connectivity index is 2.06. The van der Waals surface area contributed by atoms with E-state index in [4.69, 9.17) is 4.74 Å². The van der Waals surface area contributed by atoms with Gasteiger partial charge in [-0.1, -0.05) is 43.3 Å². The molecule has 0 aliphatic carbocycles. The van der Waals surface area contributed by atoms with Crippen LogP contribution in [0.5, 0.6) is 5.75 Å². The van der Waals surface area contributed by atoms with E-state index in [9.17, 15) is 9.18 Å². The van der Waals surface area contributed by atoms with E-state index in [1.807, 2.05) is 30.3 Å². The number of carbonyl (C=O) groups is 1. The van der Waals surface area contributed by atoms with Crippen LogP contribution >= 0.6 is 0 Å². The van der Waals surface area contributed by atoms with Gasteiger partial charge in [0.25, 0.3) is 0 Å². The van der Waals surface area contributed by atoms with Gasteiger partial charge in [-0.3, -0.25) is 0 Å². The number of halogens is 1. The van der Waals surface area contributed by atoms with Gasteiger partial charge in [-0.15, -0.1) is 0 Å². The molecule has 2 rings (SSSR count). The fourth-order valence-electron chi connectivity index (χ4n) is 1.78. The first-order valence-corrected chi connectivity index (χ1v) is 6.12. The Kier molecular flexibility index (Phi) is 4.29. The maximum absolute atomic E-state index is 13.8. The lowest BCUT2D eigenvalue weighted by Crippen LogP contribution is -2.00. The van der Waals surface area contributed by atoms with E-state index < -0.39 is 11.7 Å². The number of aldehydes is 1. The Morgan fingerprint density at radius 1 is 1.21 bits per heavy atom. The highest BCUT2D eigenvalue weighted by Crippen LogP contribution is 2.22. The van der Waals surface area contributed by atoms with Gasteiger partial charge in [0, 0.05) is 12.0 Å².